The number of nitrogens with one attached hydrogen (secondary N) is 2. The average Bonchev–Trinajstić information content (AvgIpc) is 2.80. The number of hydrogen-bond acceptors (Lipinski definition) is 6. The number of pyridine rings is 1. The summed E-state index contributed by atoms with van der Waals surface area (Å²) < 4.78 is 10.8. The van der Waals surface area contributed by atoms with Crippen molar-refractivity contribution in [1.29, 1.82) is 0 Å². The summed E-state index contributed by atoms with van der Waals surface area (Å²) in [5, 5.41) is 17.3. The third-order valence-electron chi connectivity index (χ3n) is 5.09. The van der Waals surface area contributed by atoms with Crippen LogP contribution in [0.3, 0.4) is 0 Å². The summed E-state index contributed by atoms with van der Waals surface area (Å²) in [5.74, 6) is 0.847. The molecule has 0 aliphatic rings. The molecule has 0 bridgehead atoms. The van der Waals surface area contributed by atoms with E-state index in [0.29, 0.717) is 28.4 Å². The topological polar surface area (TPSA) is 92.7 Å². The van der Waals surface area contributed by atoms with E-state index in [4.69, 9.17) is 9.47 Å². The predicted molar refractivity (Wildman–Crippen MR) is 125 cm³/mol. The summed E-state index contributed by atoms with van der Waals surface area (Å²) in [6.07, 6.45) is 1.69. The number of aromatic nitrogens is 1. The Morgan fingerprint density at radius 3 is 2.31 bits per heavy atom. The number of ether oxygens (including phenoxy) is 2. The normalized spacial score (nSPS) is 10.6. The fraction of sp³-hybridized carbons (Fsp3) is 0.120. The molecule has 0 unspecified atom stereocenters. The maximum Gasteiger partial charge on any atom is 0.255 e. The Balaban J connectivity index is 1.58. The van der Waals surface area contributed by atoms with Crippen LogP contribution in [0.4, 0.5) is 17.1 Å². The van der Waals surface area contributed by atoms with Crippen LogP contribution in [0, 0.1) is 6.92 Å². The van der Waals surface area contributed by atoms with E-state index in [2.05, 4.69) is 15.6 Å². The summed E-state index contributed by atoms with van der Waals surface area (Å²) in [7, 11) is 3.16. The molecule has 3 aromatic carbocycles. The van der Waals surface area contributed by atoms with Crippen molar-refractivity contribution in [2.75, 3.05) is 24.9 Å². The number of amides is 1. The molecule has 7 nitrogen and oxygen atoms in total. The lowest BCUT2D eigenvalue weighted by atomic mass is 10.1. The number of hydrogen-bond donors (Lipinski definition) is 3. The zero-order valence-electron chi connectivity index (χ0n) is 18.0. The van der Waals surface area contributed by atoms with Gasteiger partial charge in [-0.3, -0.25) is 9.78 Å². The molecule has 3 N–H and O–H groups in total. The quantitative estimate of drug-likeness (QED) is 0.362. The monoisotopic (exact) mass is 429 g/mol. The molecule has 0 saturated heterocycles. The predicted octanol–water partition coefficient (Wildman–Crippen LogP) is 5.26. The minimum atomic E-state index is -0.290. The highest BCUT2D eigenvalue weighted by atomic mass is 16.5. The maximum absolute atomic E-state index is 12.4. The van der Waals surface area contributed by atoms with Crippen molar-refractivity contribution in [3.05, 3.63) is 78.0 Å². The fourth-order valence-corrected chi connectivity index (χ4v) is 3.35. The van der Waals surface area contributed by atoms with E-state index < -0.39 is 0 Å². The number of rotatable bonds is 6. The summed E-state index contributed by atoms with van der Waals surface area (Å²) >= 11 is 0. The van der Waals surface area contributed by atoms with Gasteiger partial charge in [-0.2, -0.15) is 0 Å². The van der Waals surface area contributed by atoms with Gasteiger partial charge in [0.15, 0.2) is 11.5 Å². The minimum Gasteiger partial charge on any atom is -0.506 e. The molecule has 1 heterocycles. The van der Waals surface area contributed by atoms with Crippen molar-refractivity contribution < 1.29 is 19.4 Å². The van der Waals surface area contributed by atoms with Gasteiger partial charge in [0.25, 0.3) is 5.91 Å². The Morgan fingerprint density at radius 2 is 1.62 bits per heavy atom. The number of methoxy groups -OCH3 is 2. The Hall–Kier alpha value is -4.26. The van der Waals surface area contributed by atoms with Crippen LogP contribution in [0.2, 0.25) is 0 Å². The van der Waals surface area contributed by atoms with Gasteiger partial charge in [0, 0.05) is 40.7 Å². The Labute approximate surface area is 185 Å². The number of anilines is 3. The van der Waals surface area contributed by atoms with Crippen molar-refractivity contribution in [2.45, 2.75) is 6.92 Å². The molecule has 1 amide bonds. The second-order valence-corrected chi connectivity index (χ2v) is 7.26. The van der Waals surface area contributed by atoms with Crippen LogP contribution in [0.15, 0.2) is 66.9 Å². The highest BCUT2D eigenvalue weighted by Crippen LogP contribution is 2.36. The van der Waals surface area contributed by atoms with E-state index in [0.717, 1.165) is 22.2 Å². The number of aryl methyl sites for hydroxylation is 1. The largest absolute Gasteiger partial charge is 0.506 e. The van der Waals surface area contributed by atoms with Crippen molar-refractivity contribution in [1.82, 2.24) is 4.98 Å². The molecule has 7 heteroatoms. The standard InChI is InChI=1S/C25H23N3O4/c1-15-4-6-16(7-5-15)25(30)28-20-9-8-17(12-22(20)29)27-19-10-11-26-21-14-24(32-3)23(31-2)13-18(19)21/h4-14,29H,1-3H3,(H,26,27)(H,28,30). The maximum atomic E-state index is 12.4. The number of benzene rings is 3. The molecular weight excluding hydrogens is 406 g/mol. The second-order valence-electron chi connectivity index (χ2n) is 7.26. The van der Waals surface area contributed by atoms with E-state index in [-0.39, 0.29) is 11.7 Å². The van der Waals surface area contributed by atoms with Gasteiger partial charge in [-0.1, -0.05) is 17.7 Å². The van der Waals surface area contributed by atoms with Crippen molar-refractivity contribution >= 4 is 33.9 Å². The Kier molecular flexibility index (Phi) is 5.81. The number of nitrogens with zero attached hydrogens (tertiary/aromatic N) is 1. The Bertz CT molecular complexity index is 1290. The number of carbonyl (C=O) groups is 1. The van der Waals surface area contributed by atoms with Gasteiger partial charge in [0.1, 0.15) is 5.75 Å². The zero-order chi connectivity index (χ0) is 22.7. The summed E-state index contributed by atoms with van der Waals surface area (Å²) in [5.41, 5.74) is 4.08. The number of aromatic hydroxyl groups is 1. The van der Waals surface area contributed by atoms with Gasteiger partial charge in [-0.25, -0.2) is 0 Å². The second kappa shape index (κ2) is 8.85. The number of phenolic OH excluding ortho intramolecular Hbond substituents is 1. The lowest BCUT2D eigenvalue weighted by Crippen LogP contribution is -2.11. The first-order chi connectivity index (χ1) is 15.5. The van der Waals surface area contributed by atoms with Gasteiger partial charge in [0.05, 0.1) is 25.4 Å². The molecule has 32 heavy (non-hydrogen) atoms. The van der Waals surface area contributed by atoms with Gasteiger partial charge < -0.3 is 25.2 Å². The zero-order valence-corrected chi connectivity index (χ0v) is 18.0. The van der Waals surface area contributed by atoms with Crippen molar-refractivity contribution in [2.24, 2.45) is 0 Å². The van der Waals surface area contributed by atoms with Gasteiger partial charge in [0.2, 0.25) is 0 Å². The van der Waals surface area contributed by atoms with Crippen LogP contribution < -0.4 is 20.1 Å². The molecular formula is C25H23N3O4. The molecule has 0 aliphatic carbocycles. The smallest absolute Gasteiger partial charge is 0.255 e. The molecule has 0 spiro atoms. The first kappa shape index (κ1) is 21.0. The van der Waals surface area contributed by atoms with Crippen LogP contribution in [0.25, 0.3) is 10.9 Å². The summed E-state index contributed by atoms with van der Waals surface area (Å²) in [6.45, 7) is 1.96. The fourth-order valence-electron chi connectivity index (χ4n) is 3.35. The van der Waals surface area contributed by atoms with Crippen LogP contribution in [0.1, 0.15) is 15.9 Å². The lowest BCUT2D eigenvalue weighted by Gasteiger charge is -2.14. The van der Waals surface area contributed by atoms with E-state index in [1.807, 2.05) is 31.2 Å². The number of phenols is 1. The third-order valence-corrected chi connectivity index (χ3v) is 5.09. The van der Waals surface area contributed by atoms with Crippen LogP contribution in [-0.4, -0.2) is 30.2 Å². The van der Waals surface area contributed by atoms with Gasteiger partial charge in [-0.05, 0) is 43.3 Å². The summed E-state index contributed by atoms with van der Waals surface area (Å²) in [4.78, 5) is 16.8. The Morgan fingerprint density at radius 1 is 0.906 bits per heavy atom. The first-order valence-electron chi connectivity index (χ1n) is 9.97. The molecule has 4 aromatic rings. The molecule has 0 saturated carbocycles. The van der Waals surface area contributed by atoms with Crippen molar-refractivity contribution in [3.63, 3.8) is 0 Å². The minimum absolute atomic E-state index is 0.0481. The van der Waals surface area contributed by atoms with Crippen LogP contribution >= 0.6 is 0 Å². The third kappa shape index (κ3) is 4.27. The first-order valence-corrected chi connectivity index (χ1v) is 9.97. The van der Waals surface area contributed by atoms with Crippen LogP contribution in [-0.2, 0) is 0 Å². The summed E-state index contributed by atoms with van der Waals surface area (Å²) in [6, 6.07) is 17.7. The average molecular weight is 429 g/mol. The molecule has 1 aromatic heterocycles. The van der Waals surface area contributed by atoms with Crippen molar-refractivity contribution in [3.8, 4) is 17.2 Å². The molecule has 4 rings (SSSR count). The molecule has 0 atom stereocenters. The molecule has 0 radical (unpaired) electrons. The number of carbonyl (C=O) groups excluding carboxylic acids is 1. The lowest BCUT2D eigenvalue weighted by molar-refractivity contribution is 0.102. The highest BCUT2D eigenvalue weighted by molar-refractivity contribution is 6.05. The van der Waals surface area contributed by atoms with Gasteiger partial charge in [-0.15, -0.1) is 0 Å². The molecule has 162 valence electrons. The SMILES string of the molecule is COc1cc2nccc(Nc3ccc(NC(=O)c4ccc(C)cc4)c(O)c3)c2cc1OC. The molecule has 0 fully saturated rings. The van der Waals surface area contributed by atoms with Gasteiger partial charge >= 0.3 is 0 Å². The van der Waals surface area contributed by atoms with E-state index in [1.165, 1.54) is 0 Å². The van der Waals surface area contributed by atoms with E-state index >= 15 is 0 Å². The van der Waals surface area contributed by atoms with E-state index in [1.54, 1.807) is 56.8 Å². The van der Waals surface area contributed by atoms with Crippen LogP contribution in [0.5, 0.6) is 17.2 Å². The number of fused-ring (bicyclic) bond motifs is 1. The van der Waals surface area contributed by atoms with E-state index in [9.17, 15) is 9.90 Å². The highest BCUT2D eigenvalue weighted by Gasteiger charge is 2.12. The molecule has 0 aliphatic heterocycles.